The van der Waals surface area contributed by atoms with Crippen LogP contribution in [0.1, 0.15) is 74.1 Å². The van der Waals surface area contributed by atoms with Gasteiger partial charge in [0, 0.05) is 0 Å². The SMILES string of the molecule is CC(C)(O)C(O)C(C)(C)O.CCCC(O)(C(O)CC)C(O)CC. The molecule has 0 aliphatic rings. The molecule has 0 spiro atoms. The smallest absolute Gasteiger partial charge is 0.116 e. The third-order valence-corrected chi connectivity index (χ3v) is 3.92. The first-order valence-corrected chi connectivity index (χ1v) is 8.39. The van der Waals surface area contributed by atoms with Crippen LogP contribution in [0.4, 0.5) is 0 Å². The Kier molecular flexibility index (Phi) is 10.8. The van der Waals surface area contributed by atoms with E-state index in [4.69, 9.17) is 0 Å². The quantitative estimate of drug-likeness (QED) is 0.392. The molecular weight excluding hydrogens is 300 g/mol. The normalized spacial score (nSPS) is 18.0. The van der Waals surface area contributed by atoms with E-state index in [-0.39, 0.29) is 0 Å². The molecule has 2 atom stereocenters. The van der Waals surface area contributed by atoms with E-state index in [1.807, 2.05) is 6.92 Å². The van der Waals surface area contributed by atoms with Crippen LogP contribution in [-0.2, 0) is 0 Å². The van der Waals surface area contributed by atoms with E-state index in [2.05, 4.69) is 0 Å². The predicted octanol–water partition coefficient (Wildman–Crippen LogP) is 0.948. The van der Waals surface area contributed by atoms with Gasteiger partial charge in [-0.05, 0) is 47.0 Å². The lowest BCUT2D eigenvalue weighted by atomic mass is 9.83. The zero-order valence-corrected chi connectivity index (χ0v) is 15.7. The molecule has 0 saturated carbocycles. The number of hydrogen-bond donors (Lipinski definition) is 6. The number of hydrogen-bond acceptors (Lipinski definition) is 6. The number of aliphatic hydroxyl groups excluding tert-OH is 3. The van der Waals surface area contributed by atoms with Crippen molar-refractivity contribution >= 4 is 0 Å². The number of rotatable bonds is 8. The van der Waals surface area contributed by atoms with Crippen LogP contribution in [0.3, 0.4) is 0 Å². The molecule has 23 heavy (non-hydrogen) atoms. The van der Waals surface area contributed by atoms with Gasteiger partial charge in [0.15, 0.2) is 0 Å². The minimum atomic E-state index is -1.32. The topological polar surface area (TPSA) is 121 Å². The molecule has 0 fully saturated rings. The highest BCUT2D eigenvalue weighted by molar-refractivity contribution is 4.91. The average molecular weight is 338 g/mol. The van der Waals surface area contributed by atoms with Crippen LogP contribution in [0, 0.1) is 0 Å². The van der Waals surface area contributed by atoms with E-state index < -0.39 is 35.1 Å². The Labute approximate surface area is 140 Å². The van der Waals surface area contributed by atoms with Crippen molar-refractivity contribution in [1.29, 1.82) is 0 Å². The van der Waals surface area contributed by atoms with Crippen LogP contribution in [0.15, 0.2) is 0 Å². The highest BCUT2D eigenvalue weighted by Gasteiger charge is 2.39. The summed E-state index contributed by atoms with van der Waals surface area (Å²) < 4.78 is 0. The van der Waals surface area contributed by atoms with Crippen LogP contribution < -0.4 is 0 Å². The fraction of sp³-hybridized carbons (Fsp3) is 1.00. The van der Waals surface area contributed by atoms with Crippen LogP contribution in [0.5, 0.6) is 0 Å². The lowest BCUT2D eigenvalue weighted by Crippen LogP contribution is -2.51. The fourth-order valence-corrected chi connectivity index (χ4v) is 2.53. The summed E-state index contributed by atoms with van der Waals surface area (Å²) in [6, 6.07) is 0. The van der Waals surface area contributed by atoms with Crippen LogP contribution in [0.25, 0.3) is 0 Å². The molecule has 0 aromatic carbocycles. The summed E-state index contributed by atoms with van der Waals surface area (Å²) in [7, 11) is 0. The molecule has 6 N–H and O–H groups in total. The largest absolute Gasteiger partial charge is 0.390 e. The lowest BCUT2D eigenvalue weighted by molar-refractivity contribution is -0.152. The second-order valence-electron chi connectivity index (χ2n) is 7.30. The van der Waals surface area contributed by atoms with Gasteiger partial charge in [0.25, 0.3) is 0 Å². The third kappa shape index (κ3) is 8.42. The Balaban J connectivity index is 0. The minimum Gasteiger partial charge on any atom is -0.390 e. The molecule has 0 aromatic heterocycles. The van der Waals surface area contributed by atoms with Gasteiger partial charge >= 0.3 is 0 Å². The van der Waals surface area contributed by atoms with Gasteiger partial charge in [-0.3, -0.25) is 0 Å². The van der Waals surface area contributed by atoms with Crippen molar-refractivity contribution < 1.29 is 30.6 Å². The Bertz CT molecular complexity index is 281. The van der Waals surface area contributed by atoms with Crippen LogP contribution in [-0.4, -0.2) is 65.8 Å². The first-order valence-electron chi connectivity index (χ1n) is 8.39. The van der Waals surface area contributed by atoms with Crippen molar-refractivity contribution in [3.05, 3.63) is 0 Å². The summed E-state index contributed by atoms with van der Waals surface area (Å²) in [4.78, 5) is 0. The van der Waals surface area contributed by atoms with Gasteiger partial charge in [0.2, 0.25) is 0 Å². The molecule has 0 aliphatic heterocycles. The van der Waals surface area contributed by atoms with Crippen LogP contribution in [0.2, 0.25) is 0 Å². The molecule has 0 bridgehead atoms. The summed E-state index contributed by atoms with van der Waals surface area (Å²) in [5, 5.41) is 56.9. The lowest BCUT2D eigenvalue weighted by Gasteiger charge is -2.36. The molecule has 6 heteroatoms. The summed E-state index contributed by atoms with van der Waals surface area (Å²) >= 11 is 0. The summed E-state index contributed by atoms with van der Waals surface area (Å²) in [5.74, 6) is 0. The molecule has 2 unspecified atom stereocenters. The Hall–Kier alpha value is -0.240. The van der Waals surface area contributed by atoms with Crippen molar-refractivity contribution in [3.8, 4) is 0 Å². The molecule has 0 heterocycles. The van der Waals surface area contributed by atoms with Gasteiger partial charge in [-0.15, -0.1) is 0 Å². The molecule has 142 valence electrons. The first-order chi connectivity index (χ1) is 10.2. The molecule has 0 saturated heterocycles. The molecule has 0 rings (SSSR count). The van der Waals surface area contributed by atoms with Gasteiger partial charge in [-0.1, -0.05) is 27.2 Å². The molecule has 0 aliphatic carbocycles. The summed E-state index contributed by atoms with van der Waals surface area (Å²) in [5.41, 5.74) is -3.82. The van der Waals surface area contributed by atoms with E-state index in [9.17, 15) is 30.6 Å². The zero-order chi connectivity index (χ0) is 19.1. The number of aliphatic hydroxyl groups is 6. The molecular formula is C17H38O6. The molecule has 0 aromatic rings. The average Bonchev–Trinajstić information content (AvgIpc) is 2.43. The van der Waals surface area contributed by atoms with Crippen molar-refractivity contribution in [3.63, 3.8) is 0 Å². The molecule has 0 amide bonds. The maximum Gasteiger partial charge on any atom is 0.116 e. The standard InChI is InChI=1S/C10H22O3.C7H16O3/c1-4-7-10(13,8(11)5-2)9(12)6-3;1-6(2,9)5(8)7(3,4)10/h8-9,11-13H,4-7H2,1-3H3;5,8-10H,1-4H3. The zero-order valence-electron chi connectivity index (χ0n) is 15.7. The van der Waals surface area contributed by atoms with Crippen molar-refractivity contribution in [1.82, 2.24) is 0 Å². The molecule has 6 nitrogen and oxygen atoms in total. The van der Waals surface area contributed by atoms with Crippen molar-refractivity contribution in [2.75, 3.05) is 0 Å². The Morgan fingerprint density at radius 2 is 1.00 bits per heavy atom. The van der Waals surface area contributed by atoms with E-state index in [1.165, 1.54) is 27.7 Å². The van der Waals surface area contributed by atoms with E-state index >= 15 is 0 Å². The predicted molar refractivity (Wildman–Crippen MR) is 91.1 cm³/mol. The van der Waals surface area contributed by atoms with Gasteiger partial charge in [0.1, 0.15) is 11.7 Å². The van der Waals surface area contributed by atoms with Crippen LogP contribution >= 0.6 is 0 Å². The van der Waals surface area contributed by atoms with Crippen molar-refractivity contribution in [2.45, 2.75) is 109 Å². The van der Waals surface area contributed by atoms with Gasteiger partial charge < -0.3 is 30.6 Å². The molecule has 0 radical (unpaired) electrons. The Morgan fingerprint density at radius 3 is 1.13 bits per heavy atom. The highest BCUT2D eigenvalue weighted by Crippen LogP contribution is 2.26. The maximum absolute atomic E-state index is 10.0. The van der Waals surface area contributed by atoms with E-state index in [1.54, 1.807) is 13.8 Å². The minimum absolute atomic E-state index is 0.441. The summed E-state index contributed by atoms with van der Waals surface area (Å²) in [6.45, 7) is 11.3. The second-order valence-corrected chi connectivity index (χ2v) is 7.30. The monoisotopic (exact) mass is 338 g/mol. The summed E-state index contributed by atoms with van der Waals surface area (Å²) in [6.07, 6.45) is -0.659. The highest BCUT2D eigenvalue weighted by atomic mass is 16.4. The first kappa shape index (κ1) is 25.0. The fourth-order valence-electron chi connectivity index (χ4n) is 2.53. The van der Waals surface area contributed by atoms with Gasteiger partial charge in [0.05, 0.1) is 23.4 Å². The van der Waals surface area contributed by atoms with E-state index in [0.717, 1.165) is 6.42 Å². The Morgan fingerprint density at radius 1 is 0.696 bits per heavy atom. The maximum atomic E-state index is 10.0. The third-order valence-electron chi connectivity index (χ3n) is 3.92. The van der Waals surface area contributed by atoms with Gasteiger partial charge in [-0.25, -0.2) is 0 Å². The van der Waals surface area contributed by atoms with Gasteiger partial charge in [-0.2, -0.15) is 0 Å². The van der Waals surface area contributed by atoms with E-state index in [0.29, 0.717) is 19.3 Å². The second kappa shape index (κ2) is 9.91. The van der Waals surface area contributed by atoms with Crippen molar-refractivity contribution in [2.24, 2.45) is 0 Å².